The van der Waals surface area contributed by atoms with Crippen molar-refractivity contribution in [3.05, 3.63) is 75.8 Å². The molecule has 9 heteroatoms. The summed E-state index contributed by atoms with van der Waals surface area (Å²) in [5.41, 5.74) is 4.31. The Morgan fingerprint density at radius 2 is 2.03 bits per heavy atom. The summed E-state index contributed by atoms with van der Waals surface area (Å²) in [7, 11) is 0. The molecular weight excluding hydrogens is 418 g/mol. The number of amides is 1. The molecule has 7 nitrogen and oxygen atoms in total. The number of rotatable bonds is 7. The van der Waals surface area contributed by atoms with Gasteiger partial charge in [0.2, 0.25) is 0 Å². The van der Waals surface area contributed by atoms with Gasteiger partial charge < -0.3 is 9.84 Å². The molecule has 30 heavy (non-hydrogen) atoms. The van der Waals surface area contributed by atoms with Crippen LogP contribution in [0.2, 0.25) is 0 Å². The summed E-state index contributed by atoms with van der Waals surface area (Å²) in [6.45, 7) is 4.15. The van der Waals surface area contributed by atoms with E-state index in [1.807, 2.05) is 31.4 Å². The van der Waals surface area contributed by atoms with Crippen molar-refractivity contribution in [2.45, 2.75) is 31.2 Å². The van der Waals surface area contributed by atoms with Crippen LogP contribution in [0, 0.1) is 13.8 Å². The van der Waals surface area contributed by atoms with E-state index >= 15 is 0 Å². The van der Waals surface area contributed by atoms with Crippen LogP contribution in [-0.4, -0.2) is 26.0 Å². The number of hydrogen-bond donors (Lipinski definition) is 1. The van der Waals surface area contributed by atoms with Crippen molar-refractivity contribution in [1.29, 1.82) is 0 Å². The van der Waals surface area contributed by atoms with Crippen molar-refractivity contribution < 1.29 is 9.32 Å². The summed E-state index contributed by atoms with van der Waals surface area (Å²) in [4.78, 5) is 25.8. The van der Waals surface area contributed by atoms with Gasteiger partial charge in [0.25, 0.3) is 5.91 Å². The first-order valence-corrected chi connectivity index (χ1v) is 11.1. The zero-order chi connectivity index (χ0) is 20.9. The Kier molecular flexibility index (Phi) is 6.20. The van der Waals surface area contributed by atoms with E-state index in [1.165, 1.54) is 23.1 Å². The lowest BCUT2D eigenvalue weighted by Gasteiger charge is -2.08. The largest absolute Gasteiger partial charge is 0.361 e. The lowest BCUT2D eigenvalue weighted by molar-refractivity contribution is 0.0947. The molecule has 0 bridgehead atoms. The first-order chi connectivity index (χ1) is 14.6. The molecule has 152 valence electrons. The van der Waals surface area contributed by atoms with E-state index in [1.54, 1.807) is 30.7 Å². The summed E-state index contributed by atoms with van der Waals surface area (Å²) in [5.74, 6) is 1.25. The van der Waals surface area contributed by atoms with Crippen LogP contribution in [0.3, 0.4) is 0 Å². The van der Waals surface area contributed by atoms with E-state index in [0.717, 1.165) is 33.3 Å². The predicted molar refractivity (Wildman–Crippen MR) is 116 cm³/mol. The highest BCUT2D eigenvalue weighted by Crippen LogP contribution is 2.27. The predicted octanol–water partition coefficient (Wildman–Crippen LogP) is 4.43. The van der Waals surface area contributed by atoms with Gasteiger partial charge in [0.1, 0.15) is 15.8 Å². The maximum Gasteiger partial charge on any atom is 0.254 e. The van der Waals surface area contributed by atoms with Crippen molar-refractivity contribution in [2.75, 3.05) is 0 Å². The van der Waals surface area contributed by atoms with Crippen LogP contribution in [0.4, 0.5) is 0 Å². The Bertz CT molecular complexity index is 1140. The van der Waals surface area contributed by atoms with E-state index in [2.05, 4.69) is 25.4 Å². The van der Waals surface area contributed by atoms with Crippen molar-refractivity contribution in [3.63, 3.8) is 0 Å². The minimum Gasteiger partial charge on any atom is -0.361 e. The van der Waals surface area contributed by atoms with Crippen LogP contribution in [0.5, 0.6) is 0 Å². The van der Waals surface area contributed by atoms with Crippen molar-refractivity contribution in [1.82, 2.24) is 25.4 Å². The summed E-state index contributed by atoms with van der Waals surface area (Å²) in [5, 5.41) is 10.4. The summed E-state index contributed by atoms with van der Waals surface area (Å²) in [6, 6.07) is 7.37. The van der Waals surface area contributed by atoms with Crippen LogP contribution in [0.15, 0.2) is 57.8 Å². The number of nitrogens with zero attached hydrogens (tertiary/aromatic N) is 4. The molecule has 0 saturated heterocycles. The third-order valence-corrected chi connectivity index (χ3v) is 6.36. The summed E-state index contributed by atoms with van der Waals surface area (Å²) in [6.07, 6.45) is 5.16. The highest BCUT2D eigenvalue weighted by atomic mass is 32.2. The Morgan fingerprint density at radius 3 is 2.80 bits per heavy atom. The fourth-order valence-electron chi connectivity index (χ4n) is 2.83. The molecule has 0 saturated carbocycles. The standard InChI is InChI=1S/C21H19N5O2S2/c1-13-17(14(2)28-26-13)11-30-21-16(4-3-7-23-21)20(27)24-10-19-25-18(12-29-19)15-5-8-22-9-6-15/h3-9,12H,10-11H2,1-2H3,(H,24,27). The van der Waals surface area contributed by atoms with Crippen LogP contribution in [0.1, 0.15) is 32.4 Å². The quantitative estimate of drug-likeness (QED) is 0.428. The number of nitrogens with one attached hydrogen (secondary N) is 1. The van der Waals surface area contributed by atoms with E-state index < -0.39 is 0 Å². The molecule has 0 fully saturated rings. The maximum absolute atomic E-state index is 12.8. The van der Waals surface area contributed by atoms with E-state index in [9.17, 15) is 4.79 Å². The van der Waals surface area contributed by atoms with E-state index in [-0.39, 0.29) is 5.91 Å². The molecule has 0 aliphatic carbocycles. The molecule has 0 spiro atoms. The Morgan fingerprint density at radius 1 is 1.20 bits per heavy atom. The van der Waals surface area contributed by atoms with Gasteiger partial charge in [0.05, 0.1) is 23.5 Å². The molecule has 4 aromatic rings. The smallest absolute Gasteiger partial charge is 0.254 e. The number of hydrogen-bond acceptors (Lipinski definition) is 8. The highest BCUT2D eigenvalue weighted by molar-refractivity contribution is 7.98. The Hall–Kier alpha value is -3.04. The third-order valence-electron chi connectivity index (χ3n) is 4.48. The van der Waals surface area contributed by atoms with Crippen LogP contribution in [0.25, 0.3) is 11.3 Å². The average molecular weight is 438 g/mol. The normalized spacial score (nSPS) is 10.9. The fourth-order valence-corrected chi connectivity index (χ4v) is 4.71. The monoisotopic (exact) mass is 437 g/mol. The second-order valence-corrected chi connectivity index (χ2v) is 8.40. The van der Waals surface area contributed by atoms with Crippen LogP contribution >= 0.6 is 23.1 Å². The van der Waals surface area contributed by atoms with Gasteiger partial charge >= 0.3 is 0 Å². The molecule has 0 aromatic carbocycles. The molecular formula is C21H19N5O2S2. The van der Waals surface area contributed by atoms with Gasteiger partial charge in [-0.05, 0) is 38.1 Å². The first-order valence-electron chi connectivity index (χ1n) is 9.24. The van der Waals surface area contributed by atoms with Crippen molar-refractivity contribution >= 4 is 29.0 Å². The molecule has 4 heterocycles. The van der Waals surface area contributed by atoms with Crippen molar-refractivity contribution in [2.24, 2.45) is 0 Å². The van der Waals surface area contributed by atoms with Crippen LogP contribution in [-0.2, 0) is 12.3 Å². The average Bonchev–Trinajstić information content (AvgIpc) is 3.38. The number of aromatic nitrogens is 4. The zero-order valence-corrected chi connectivity index (χ0v) is 18.1. The Labute approximate surface area is 182 Å². The highest BCUT2D eigenvalue weighted by Gasteiger charge is 2.16. The summed E-state index contributed by atoms with van der Waals surface area (Å²) < 4.78 is 5.21. The first kappa shape index (κ1) is 20.2. The number of carbonyl (C=O) groups excluding carboxylic acids is 1. The van der Waals surface area contributed by atoms with Gasteiger partial charge in [-0.2, -0.15) is 0 Å². The lowest BCUT2D eigenvalue weighted by atomic mass is 10.2. The fraction of sp³-hybridized carbons (Fsp3) is 0.190. The van der Waals surface area contributed by atoms with E-state index in [4.69, 9.17) is 4.52 Å². The summed E-state index contributed by atoms with van der Waals surface area (Å²) >= 11 is 3.01. The second-order valence-electron chi connectivity index (χ2n) is 6.49. The van der Waals surface area contributed by atoms with Crippen LogP contribution < -0.4 is 5.32 Å². The lowest BCUT2D eigenvalue weighted by Crippen LogP contribution is -2.23. The third kappa shape index (κ3) is 4.58. The van der Waals surface area contributed by atoms with Gasteiger partial charge in [-0.25, -0.2) is 9.97 Å². The van der Waals surface area contributed by atoms with Gasteiger partial charge in [-0.15, -0.1) is 23.1 Å². The van der Waals surface area contributed by atoms with Gasteiger partial charge in [-0.3, -0.25) is 9.78 Å². The molecule has 4 aromatic heterocycles. The maximum atomic E-state index is 12.8. The van der Waals surface area contributed by atoms with Gasteiger partial charge in [-0.1, -0.05) is 5.16 Å². The number of aryl methyl sites for hydroxylation is 2. The molecule has 0 aliphatic heterocycles. The molecule has 1 N–H and O–H groups in total. The van der Waals surface area contributed by atoms with Gasteiger partial charge in [0, 0.05) is 40.9 Å². The minimum atomic E-state index is -0.176. The molecule has 4 rings (SSSR count). The second kappa shape index (κ2) is 9.19. The molecule has 0 atom stereocenters. The van der Waals surface area contributed by atoms with Crippen molar-refractivity contribution in [3.8, 4) is 11.3 Å². The number of thioether (sulfide) groups is 1. The minimum absolute atomic E-state index is 0.176. The number of thiazole rings is 1. The zero-order valence-electron chi connectivity index (χ0n) is 16.5. The molecule has 1 amide bonds. The SMILES string of the molecule is Cc1noc(C)c1CSc1ncccc1C(=O)NCc1nc(-c2ccncc2)cs1. The number of carbonyl (C=O) groups is 1. The topological polar surface area (TPSA) is 93.8 Å². The number of pyridine rings is 2. The molecule has 0 unspecified atom stereocenters. The molecule has 0 radical (unpaired) electrons. The molecule has 0 aliphatic rings. The van der Waals surface area contributed by atoms with Gasteiger partial charge in [0.15, 0.2) is 0 Å². The Balaban J connectivity index is 1.41. The van der Waals surface area contributed by atoms with E-state index in [0.29, 0.717) is 22.9 Å².